The number of benzene rings is 1. The van der Waals surface area contributed by atoms with Gasteiger partial charge in [0.05, 0.1) is 6.61 Å². The predicted octanol–water partition coefficient (Wildman–Crippen LogP) is 6.82. The van der Waals surface area contributed by atoms with Crippen LogP contribution < -0.4 is 0 Å². The number of ketones is 1. The molecule has 0 saturated heterocycles. The molecule has 1 aromatic carbocycles. The fourth-order valence-electron chi connectivity index (χ4n) is 3.80. The summed E-state index contributed by atoms with van der Waals surface area (Å²) < 4.78 is 5.32. The largest absolute Gasteiger partial charge is 2.00 e. The maximum absolute atomic E-state index is 13.5. The van der Waals surface area contributed by atoms with Gasteiger partial charge in [-0.15, -0.1) is 11.8 Å². The summed E-state index contributed by atoms with van der Waals surface area (Å²) in [6.45, 7) is 1.93. The van der Waals surface area contributed by atoms with Crippen LogP contribution in [0.25, 0.3) is 0 Å². The Hall–Kier alpha value is -0.771. The molecule has 4 aliphatic carbocycles. The Morgan fingerprint density at radius 1 is 0.683 bits per heavy atom. The van der Waals surface area contributed by atoms with Gasteiger partial charge in [-0.2, -0.15) is 0 Å². The minimum absolute atomic E-state index is 0. The van der Waals surface area contributed by atoms with Crippen molar-refractivity contribution in [2.75, 3.05) is 12.9 Å². The normalized spacial score (nSPS) is 19.5. The third-order valence-electron chi connectivity index (χ3n) is 5.53. The Kier molecular flexibility index (Phi) is 21.2. The van der Waals surface area contributed by atoms with E-state index in [1.807, 2.05) is 133 Å². The van der Waals surface area contributed by atoms with Crippen molar-refractivity contribution in [3.63, 3.8) is 0 Å². The molecule has 0 bridgehead atoms. The van der Waals surface area contributed by atoms with Crippen LogP contribution in [0.5, 0.6) is 0 Å². The van der Waals surface area contributed by atoms with Gasteiger partial charge in [0.1, 0.15) is 5.57 Å². The summed E-state index contributed by atoms with van der Waals surface area (Å²) in [5.74, 6) is 0.784. The number of carbonyl (C=O) groups is 2. The van der Waals surface area contributed by atoms with Gasteiger partial charge in [0.25, 0.3) is 0 Å². The molecule has 0 aliphatic heterocycles. The van der Waals surface area contributed by atoms with Crippen LogP contribution in [0.4, 0.5) is 0 Å². The molecule has 0 aromatic heterocycles. The Bertz CT molecular complexity index is 899. The molecule has 0 amide bonds. The third-order valence-corrected chi connectivity index (χ3v) is 6.01. The number of Topliss-reactive ketones (excluding diaryl/α,β-unsaturated/α-hetero) is 1. The Morgan fingerprint density at radius 3 is 1.54 bits per heavy atom. The van der Waals surface area contributed by atoms with Crippen LogP contribution >= 0.6 is 11.8 Å². The van der Waals surface area contributed by atoms with E-state index in [1.54, 1.807) is 31.2 Å². The summed E-state index contributed by atoms with van der Waals surface area (Å²) in [4.78, 5) is 26.5. The number of rotatable bonds is 8. The van der Waals surface area contributed by atoms with Gasteiger partial charge in [-0.25, -0.2) is 4.79 Å². The minimum Gasteiger partial charge on any atom is -0.462 e. The SMILES string of the molecule is CCOC(=O)/C(C(=O)c1ccccc1)=C([C]1[CH][CH][CH][CH]1)\C(=C\SC)[C]1[CH][CH][CH][CH]1.[CH]1[CH][CH][CH][CH]1.[CH]1[CH][CH][CH][CH]1.[Fe+2].[Fe+2]. The van der Waals surface area contributed by atoms with Crippen molar-refractivity contribution in [3.8, 4) is 0 Å². The Balaban J connectivity index is 0.000000587. The molecule has 0 spiro atoms. The Labute approximate surface area is 275 Å². The summed E-state index contributed by atoms with van der Waals surface area (Å²) in [5.41, 5.74) is 1.90. The average Bonchev–Trinajstić information content (AvgIpc) is 3.81. The summed E-state index contributed by atoms with van der Waals surface area (Å²) >= 11 is 1.52. The van der Waals surface area contributed by atoms with Crippen molar-refractivity contribution in [2.24, 2.45) is 0 Å². The average molecular weight is 644 g/mol. The van der Waals surface area contributed by atoms with Crippen LogP contribution in [0.15, 0.2) is 52.5 Å². The first-order valence-corrected chi connectivity index (χ1v) is 14.0. The van der Waals surface area contributed by atoms with E-state index >= 15 is 0 Å². The van der Waals surface area contributed by atoms with Crippen molar-refractivity contribution >= 4 is 23.5 Å². The molecule has 3 nitrogen and oxygen atoms in total. The summed E-state index contributed by atoms with van der Waals surface area (Å²) in [7, 11) is 0. The van der Waals surface area contributed by atoms with Crippen LogP contribution in [-0.2, 0) is 43.7 Å². The smallest absolute Gasteiger partial charge is 0.462 e. The second kappa shape index (κ2) is 22.7. The van der Waals surface area contributed by atoms with E-state index < -0.39 is 5.97 Å². The number of esters is 1. The molecule has 5 rings (SSSR count). The van der Waals surface area contributed by atoms with Gasteiger partial charge in [-0.05, 0) is 145 Å². The fraction of sp³-hybridized carbons (Fsp3) is 0.0857. The van der Waals surface area contributed by atoms with E-state index in [4.69, 9.17) is 4.74 Å². The molecule has 4 fully saturated rings. The fourth-order valence-corrected chi connectivity index (χ4v) is 4.29. The standard InChI is InChI=1S/C25H22O3S.2C5H5.2Fe/c1-3-28-25(27)23(24(26)20-15-5-4-6-16-20)22(19-13-9-10-14-19)21(17-29-2)18-11-7-8-12-18;2*1-2-4-5-3-1;;/h4-17H,3H2,1-2H3;2*1-5H;;/q;;;2*+2/b21-17+,23-22-;;;;. The van der Waals surface area contributed by atoms with Gasteiger partial charge < -0.3 is 4.74 Å². The van der Waals surface area contributed by atoms with Crippen LogP contribution in [0.3, 0.4) is 0 Å². The molecule has 20 radical (unpaired) electrons. The van der Waals surface area contributed by atoms with E-state index in [9.17, 15) is 9.59 Å². The molecule has 208 valence electrons. The molecule has 0 heterocycles. The zero-order valence-electron chi connectivity index (χ0n) is 22.9. The predicted molar refractivity (Wildman–Crippen MR) is 160 cm³/mol. The molecule has 4 aliphatic rings. The van der Waals surface area contributed by atoms with Crippen molar-refractivity contribution in [3.05, 3.63) is 185 Å². The molecule has 41 heavy (non-hydrogen) atoms. The molecular formula is C35H32Fe2O3S+4. The zero-order chi connectivity index (χ0) is 27.7. The molecule has 0 N–H and O–H groups in total. The van der Waals surface area contributed by atoms with Gasteiger partial charge in [-0.1, -0.05) is 30.3 Å². The third kappa shape index (κ3) is 12.8. The Morgan fingerprint density at radius 2 is 1.12 bits per heavy atom. The zero-order valence-corrected chi connectivity index (χ0v) is 25.9. The number of ether oxygens (including phenoxy) is 1. The van der Waals surface area contributed by atoms with Crippen LogP contribution in [0.2, 0.25) is 0 Å². The first kappa shape index (κ1) is 38.3. The number of hydrogen-bond acceptors (Lipinski definition) is 4. The van der Waals surface area contributed by atoms with Crippen molar-refractivity contribution in [2.45, 2.75) is 6.92 Å². The van der Waals surface area contributed by atoms with Gasteiger partial charge in [0.15, 0.2) is 0 Å². The molecule has 0 atom stereocenters. The van der Waals surface area contributed by atoms with Crippen LogP contribution in [0.1, 0.15) is 17.3 Å². The second-order valence-corrected chi connectivity index (χ2v) is 8.91. The number of carbonyl (C=O) groups excluding carboxylic acids is 2. The van der Waals surface area contributed by atoms with Crippen LogP contribution in [-0.4, -0.2) is 24.6 Å². The van der Waals surface area contributed by atoms with E-state index in [0.29, 0.717) is 11.1 Å². The molecule has 0 unspecified atom stereocenters. The molecule has 1 aromatic rings. The van der Waals surface area contributed by atoms with Gasteiger partial charge in [0, 0.05) is 17.4 Å². The number of thioether (sulfide) groups is 1. The maximum Gasteiger partial charge on any atom is 2.00 e. The summed E-state index contributed by atoms with van der Waals surface area (Å²) in [6, 6.07) is 8.84. The van der Waals surface area contributed by atoms with E-state index in [-0.39, 0.29) is 52.1 Å². The maximum atomic E-state index is 13.5. The second-order valence-electron chi connectivity index (χ2n) is 8.20. The van der Waals surface area contributed by atoms with Crippen molar-refractivity contribution < 1.29 is 48.5 Å². The number of hydrogen-bond donors (Lipinski definition) is 0. The van der Waals surface area contributed by atoms with Gasteiger partial charge >= 0.3 is 40.1 Å². The minimum atomic E-state index is -0.615. The quantitative estimate of drug-likeness (QED) is 0.0593. The summed E-state index contributed by atoms with van der Waals surface area (Å²) in [6.07, 6.45) is 37.4. The topological polar surface area (TPSA) is 43.4 Å². The first-order valence-electron chi connectivity index (χ1n) is 12.7. The molecule has 4 saturated carbocycles. The van der Waals surface area contributed by atoms with Crippen LogP contribution in [0, 0.1) is 127 Å². The molecular weight excluding hydrogens is 612 g/mol. The summed E-state index contributed by atoms with van der Waals surface area (Å²) in [5, 5.41) is 1.97. The van der Waals surface area contributed by atoms with Gasteiger partial charge in [0.2, 0.25) is 5.78 Å². The van der Waals surface area contributed by atoms with Crippen molar-refractivity contribution in [1.82, 2.24) is 0 Å². The number of allylic oxidation sites excluding steroid dienone is 2. The van der Waals surface area contributed by atoms with E-state index in [0.717, 1.165) is 17.4 Å². The van der Waals surface area contributed by atoms with Crippen molar-refractivity contribution in [1.29, 1.82) is 0 Å². The first-order chi connectivity index (χ1) is 19.2. The van der Waals surface area contributed by atoms with E-state index in [1.165, 1.54) is 11.8 Å². The van der Waals surface area contributed by atoms with Gasteiger partial charge in [-0.3, -0.25) is 4.79 Å². The molecule has 6 heteroatoms. The monoisotopic (exact) mass is 644 g/mol. The van der Waals surface area contributed by atoms with E-state index in [2.05, 4.69) is 0 Å².